The van der Waals surface area contributed by atoms with Gasteiger partial charge in [0.25, 0.3) is 11.8 Å². The number of benzene rings is 2. The van der Waals surface area contributed by atoms with Crippen molar-refractivity contribution in [1.82, 2.24) is 20.2 Å². The van der Waals surface area contributed by atoms with E-state index in [0.717, 1.165) is 46.5 Å². The van der Waals surface area contributed by atoms with Crippen molar-refractivity contribution in [2.24, 2.45) is 0 Å². The fourth-order valence-corrected chi connectivity index (χ4v) is 5.10. The smallest absolute Gasteiger partial charge is 0.299 e. The Morgan fingerprint density at radius 3 is 2.36 bits per heavy atom. The highest BCUT2D eigenvalue weighted by Gasteiger charge is 2.43. The molecule has 0 unspecified atom stereocenters. The third-order valence-corrected chi connectivity index (χ3v) is 6.89. The number of nitrogens with one attached hydrogen (secondary N) is 1. The Morgan fingerprint density at radius 2 is 1.64 bits per heavy atom. The van der Waals surface area contributed by atoms with Crippen LogP contribution in [0.4, 0.5) is 4.79 Å². The second-order valence-electron chi connectivity index (χ2n) is 8.60. The average molecular weight is 467 g/mol. The van der Waals surface area contributed by atoms with Gasteiger partial charge >= 0.3 is 6.03 Å². The van der Waals surface area contributed by atoms with Gasteiger partial charge in [-0.3, -0.25) is 24.6 Å². The highest BCUT2D eigenvalue weighted by Crippen LogP contribution is 2.33. The van der Waals surface area contributed by atoms with Crippen LogP contribution in [0, 0.1) is 0 Å². The van der Waals surface area contributed by atoms with E-state index in [2.05, 4.69) is 16.3 Å². The molecule has 33 heavy (non-hydrogen) atoms. The molecule has 3 aliphatic heterocycles. The van der Waals surface area contributed by atoms with Crippen LogP contribution in [-0.4, -0.2) is 58.3 Å². The number of likely N-dealkylation sites (tertiary alicyclic amines) is 1. The molecule has 0 bridgehead atoms. The van der Waals surface area contributed by atoms with Crippen molar-refractivity contribution in [3.8, 4) is 0 Å². The van der Waals surface area contributed by atoms with Gasteiger partial charge in [-0.2, -0.15) is 5.01 Å². The second kappa shape index (κ2) is 8.61. The Kier molecular flexibility index (Phi) is 5.64. The lowest BCUT2D eigenvalue weighted by molar-refractivity contribution is -0.122. The number of rotatable bonds is 4. The van der Waals surface area contributed by atoms with Gasteiger partial charge in [0, 0.05) is 18.0 Å². The summed E-state index contributed by atoms with van der Waals surface area (Å²) in [6.07, 6.45) is 2.04. The molecule has 2 fully saturated rings. The van der Waals surface area contributed by atoms with Gasteiger partial charge in [-0.05, 0) is 61.2 Å². The lowest BCUT2D eigenvalue weighted by Gasteiger charge is -2.32. The summed E-state index contributed by atoms with van der Waals surface area (Å²) in [4.78, 5) is 51.7. The van der Waals surface area contributed by atoms with E-state index in [9.17, 15) is 19.2 Å². The molecule has 2 aromatic carbocycles. The predicted octanol–water partition coefficient (Wildman–Crippen LogP) is 3.17. The van der Waals surface area contributed by atoms with E-state index in [-0.39, 0.29) is 24.1 Å². The number of piperidine rings is 1. The quantitative estimate of drug-likeness (QED) is 0.699. The molecule has 3 aliphatic rings. The predicted molar refractivity (Wildman–Crippen MR) is 121 cm³/mol. The van der Waals surface area contributed by atoms with Crippen LogP contribution in [0.25, 0.3) is 0 Å². The maximum absolute atomic E-state index is 13.0. The molecule has 0 radical (unpaired) electrons. The number of amides is 5. The van der Waals surface area contributed by atoms with Gasteiger partial charge in [0.1, 0.15) is 0 Å². The first-order valence-electron chi connectivity index (χ1n) is 11.0. The van der Waals surface area contributed by atoms with Crippen molar-refractivity contribution < 1.29 is 19.2 Å². The normalized spacial score (nSPS) is 19.8. The van der Waals surface area contributed by atoms with Crippen LogP contribution in [0.15, 0.2) is 42.5 Å². The average Bonchev–Trinajstić information content (AvgIpc) is 3.05. The number of carbonyl (C=O) groups excluding carboxylic acids is 4. The van der Waals surface area contributed by atoms with E-state index in [0.29, 0.717) is 12.5 Å². The molecule has 2 aromatic rings. The molecule has 2 saturated heterocycles. The van der Waals surface area contributed by atoms with Crippen LogP contribution in [-0.2, 0) is 11.3 Å². The van der Waals surface area contributed by atoms with Gasteiger partial charge < -0.3 is 0 Å². The summed E-state index contributed by atoms with van der Waals surface area (Å²) in [7, 11) is 0. The van der Waals surface area contributed by atoms with Crippen LogP contribution in [0.1, 0.15) is 57.0 Å². The molecule has 1 N–H and O–H groups in total. The second-order valence-corrected chi connectivity index (χ2v) is 9.01. The zero-order valence-electron chi connectivity index (χ0n) is 17.9. The molecule has 5 rings (SSSR count). The Balaban J connectivity index is 1.26. The molecule has 0 aliphatic carbocycles. The first-order valence-corrected chi connectivity index (χ1v) is 11.4. The summed E-state index contributed by atoms with van der Waals surface area (Å²) in [5.41, 5.74) is 2.69. The van der Waals surface area contributed by atoms with E-state index in [1.165, 1.54) is 5.56 Å². The topological polar surface area (TPSA) is 90.0 Å². The number of halogens is 1. The maximum Gasteiger partial charge on any atom is 0.343 e. The van der Waals surface area contributed by atoms with Crippen LogP contribution in [0.3, 0.4) is 0 Å². The number of urea groups is 1. The molecule has 5 amide bonds. The number of carbonyl (C=O) groups is 4. The van der Waals surface area contributed by atoms with Gasteiger partial charge in [-0.15, -0.1) is 0 Å². The van der Waals surface area contributed by atoms with E-state index in [4.69, 9.17) is 11.6 Å². The minimum Gasteiger partial charge on any atom is -0.299 e. The monoisotopic (exact) mass is 466 g/mol. The number of hydrogen-bond acceptors (Lipinski definition) is 5. The molecule has 3 heterocycles. The molecule has 8 nitrogen and oxygen atoms in total. The standard InChI is InChI=1S/C24H23ClN4O4/c25-20-4-2-1-3-17(20)16-7-10-27(11-8-16)14-15-5-6-18-19(13-15)23(32)29(22(18)31)28-12-9-21(30)26-24(28)33/h1-6,13,16H,7-12,14H2,(H,26,30,33). The highest BCUT2D eigenvalue weighted by atomic mass is 35.5. The van der Waals surface area contributed by atoms with Crippen LogP contribution in [0.2, 0.25) is 5.02 Å². The number of hydrazine groups is 1. The first-order chi connectivity index (χ1) is 15.9. The Bertz CT molecular complexity index is 1160. The lowest BCUT2D eigenvalue weighted by atomic mass is 9.89. The van der Waals surface area contributed by atoms with E-state index in [1.807, 2.05) is 24.3 Å². The molecular formula is C24H23ClN4O4. The van der Waals surface area contributed by atoms with Crippen molar-refractivity contribution in [3.05, 3.63) is 69.7 Å². The fraction of sp³-hybridized carbons (Fsp3) is 0.333. The van der Waals surface area contributed by atoms with Gasteiger partial charge in [-0.25, -0.2) is 9.80 Å². The highest BCUT2D eigenvalue weighted by molar-refractivity contribution is 6.31. The van der Waals surface area contributed by atoms with Crippen LogP contribution < -0.4 is 5.32 Å². The van der Waals surface area contributed by atoms with Crippen molar-refractivity contribution in [1.29, 1.82) is 0 Å². The van der Waals surface area contributed by atoms with Crippen LogP contribution in [0.5, 0.6) is 0 Å². The van der Waals surface area contributed by atoms with Crippen molar-refractivity contribution in [2.45, 2.75) is 31.7 Å². The SMILES string of the molecule is O=C1CCN(N2C(=O)c3ccc(CN4CCC(c5ccccc5Cl)CC4)cc3C2=O)C(=O)N1. The third-order valence-electron chi connectivity index (χ3n) is 6.54. The summed E-state index contributed by atoms with van der Waals surface area (Å²) in [5, 5.41) is 4.80. The van der Waals surface area contributed by atoms with Crippen molar-refractivity contribution in [3.63, 3.8) is 0 Å². The van der Waals surface area contributed by atoms with Gasteiger partial charge in [0.15, 0.2) is 0 Å². The molecular weight excluding hydrogens is 444 g/mol. The maximum atomic E-state index is 13.0. The molecule has 9 heteroatoms. The van der Waals surface area contributed by atoms with E-state index >= 15 is 0 Å². The van der Waals surface area contributed by atoms with Crippen molar-refractivity contribution >= 4 is 35.4 Å². The number of imide groups is 2. The minimum absolute atomic E-state index is 0.0105. The number of fused-ring (bicyclic) bond motifs is 1. The zero-order valence-corrected chi connectivity index (χ0v) is 18.7. The van der Waals surface area contributed by atoms with Crippen LogP contribution >= 0.6 is 11.6 Å². The van der Waals surface area contributed by atoms with E-state index in [1.54, 1.807) is 12.1 Å². The number of hydrogen-bond donors (Lipinski definition) is 1. The van der Waals surface area contributed by atoms with Crippen molar-refractivity contribution in [2.75, 3.05) is 19.6 Å². The minimum atomic E-state index is -0.762. The summed E-state index contributed by atoms with van der Waals surface area (Å²) in [5.74, 6) is -1.08. The molecule has 0 saturated carbocycles. The van der Waals surface area contributed by atoms with Gasteiger partial charge in [0.05, 0.1) is 17.7 Å². The van der Waals surface area contributed by atoms with Gasteiger partial charge in [0.2, 0.25) is 5.91 Å². The summed E-state index contributed by atoms with van der Waals surface area (Å²) < 4.78 is 0. The largest absolute Gasteiger partial charge is 0.343 e. The molecule has 0 atom stereocenters. The molecule has 0 aromatic heterocycles. The lowest BCUT2D eigenvalue weighted by Crippen LogP contribution is -2.58. The molecule has 170 valence electrons. The summed E-state index contributed by atoms with van der Waals surface area (Å²) >= 11 is 6.37. The summed E-state index contributed by atoms with van der Waals surface area (Å²) in [6, 6.07) is 12.5. The Morgan fingerprint density at radius 1 is 0.909 bits per heavy atom. The fourth-order valence-electron chi connectivity index (χ4n) is 4.81. The first kappa shape index (κ1) is 21.6. The Hall–Kier alpha value is -3.23. The summed E-state index contributed by atoms with van der Waals surface area (Å²) in [6.45, 7) is 2.48. The molecule has 0 spiro atoms. The number of nitrogens with zero attached hydrogens (tertiary/aromatic N) is 3. The van der Waals surface area contributed by atoms with E-state index < -0.39 is 23.8 Å². The third kappa shape index (κ3) is 4.00. The Labute approximate surface area is 196 Å². The van der Waals surface area contributed by atoms with Gasteiger partial charge in [-0.1, -0.05) is 35.9 Å². The zero-order chi connectivity index (χ0) is 23.1.